The van der Waals surface area contributed by atoms with Gasteiger partial charge in [-0.15, -0.1) is 0 Å². The van der Waals surface area contributed by atoms with E-state index >= 15 is 0 Å². The predicted octanol–water partition coefficient (Wildman–Crippen LogP) is 5.51. The van der Waals surface area contributed by atoms with Crippen molar-refractivity contribution in [1.29, 1.82) is 0 Å². The molecule has 1 saturated carbocycles. The Labute approximate surface area is 150 Å². The summed E-state index contributed by atoms with van der Waals surface area (Å²) in [7, 11) is 2.03. The first-order valence-corrected chi connectivity index (χ1v) is 8.85. The van der Waals surface area contributed by atoms with Crippen molar-refractivity contribution in [3.8, 4) is 5.75 Å². The highest BCUT2D eigenvalue weighted by molar-refractivity contribution is 5.65. The molecule has 5 heteroatoms. The number of hydrogen-bond donors (Lipinski definition) is 0. The number of aliphatic imine (C=N–C) groups is 1. The summed E-state index contributed by atoms with van der Waals surface area (Å²) in [4.78, 5) is 6.64. The number of aryl methyl sites for hydroxylation is 2. The largest absolute Gasteiger partial charge is 0.487 e. The van der Waals surface area contributed by atoms with Crippen LogP contribution in [0.2, 0.25) is 0 Å². The zero-order valence-electron chi connectivity index (χ0n) is 16.2. The van der Waals surface area contributed by atoms with Crippen LogP contribution in [0.25, 0.3) is 0 Å². The normalized spacial score (nSPS) is 15.7. The Morgan fingerprint density at radius 2 is 1.84 bits per heavy atom. The highest BCUT2D eigenvalue weighted by Gasteiger charge is 2.35. The summed E-state index contributed by atoms with van der Waals surface area (Å²) in [6.45, 7) is 8.60. The van der Waals surface area contributed by atoms with Gasteiger partial charge in [-0.2, -0.15) is 0 Å². The molecule has 140 valence electrons. The third-order valence-corrected chi connectivity index (χ3v) is 4.22. The molecule has 0 aliphatic heterocycles. The van der Waals surface area contributed by atoms with E-state index < -0.39 is 17.9 Å². The lowest BCUT2D eigenvalue weighted by Crippen LogP contribution is -2.31. The summed E-state index contributed by atoms with van der Waals surface area (Å²) >= 11 is 0. The second kappa shape index (κ2) is 7.30. The van der Waals surface area contributed by atoms with Gasteiger partial charge in [-0.25, -0.2) is 13.8 Å². The molecule has 1 aromatic rings. The van der Waals surface area contributed by atoms with Crippen LogP contribution in [-0.4, -0.2) is 36.9 Å². The zero-order valence-corrected chi connectivity index (χ0v) is 16.2. The summed E-state index contributed by atoms with van der Waals surface area (Å²) in [6, 6.07) is 4.30. The van der Waals surface area contributed by atoms with E-state index in [0.29, 0.717) is 11.8 Å². The molecule has 0 unspecified atom stereocenters. The fourth-order valence-electron chi connectivity index (χ4n) is 2.81. The van der Waals surface area contributed by atoms with Crippen LogP contribution in [0.5, 0.6) is 5.75 Å². The van der Waals surface area contributed by atoms with Gasteiger partial charge in [0, 0.05) is 19.5 Å². The molecular weight excluding hydrogens is 322 g/mol. The van der Waals surface area contributed by atoms with Crippen LogP contribution in [0.3, 0.4) is 0 Å². The molecule has 3 nitrogen and oxygen atoms in total. The molecule has 25 heavy (non-hydrogen) atoms. The first kappa shape index (κ1) is 19.7. The molecule has 0 bridgehead atoms. The van der Waals surface area contributed by atoms with E-state index in [1.165, 1.54) is 12.8 Å². The maximum atomic E-state index is 14.1. The van der Waals surface area contributed by atoms with E-state index in [9.17, 15) is 8.78 Å². The third kappa shape index (κ3) is 6.29. The monoisotopic (exact) mass is 352 g/mol. The molecule has 0 radical (unpaired) electrons. The van der Waals surface area contributed by atoms with Gasteiger partial charge in [0.05, 0.1) is 12.0 Å². The van der Waals surface area contributed by atoms with Crippen LogP contribution in [0.1, 0.15) is 51.2 Å². The molecule has 0 spiro atoms. The highest BCUT2D eigenvalue weighted by atomic mass is 19.3. The first-order valence-electron chi connectivity index (χ1n) is 8.85. The Balaban J connectivity index is 2.03. The minimum Gasteiger partial charge on any atom is -0.487 e. The number of rotatable bonds is 7. The number of alkyl halides is 2. The number of ether oxygens (including phenoxy) is 1. The van der Waals surface area contributed by atoms with Crippen LogP contribution in [-0.2, 0) is 0 Å². The molecule has 0 atom stereocenters. The minimum atomic E-state index is -2.84. The van der Waals surface area contributed by atoms with Gasteiger partial charge in [0.15, 0.2) is 6.61 Å². The Morgan fingerprint density at radius 3 is 2.40 bits per heavy atom. The maximum Gasteiger partial charge on any atom is 0.281 e. The summed E-state index contributed by atoms with van der Waals surface area (Å²) < 4.78 is 33.6. The van der Waals surface area contributed by atoms with Crippen molar-refractivity contribution in [1.82, 2.24) is 4.90 Å². The van der Waals surface area contributed by atoms with Crippen molar-refractivity contribution >= 4 is 12.0 Å². The van der Waals surface area contributed by atoms with Crippen molar-refractivity contribution in [2.24, 2.45) is 10.4 Å². The Hall–Kier alpha value is -1.65. The molecule has 1 aromatic carbocycles. The number of halogens is 2. The van der Waals surface area contributed by atoms with Crippen molar-refractivity contribution < 1.29 is 13.5 Å². The number of hydrogen-bond acceptors (Lipinski definition) is 2. The molecule has 1 aliphatic carbocycles. The van der Waals surface area contributed by atoms with Crippen molar-refractivity contribution in [2.45, 2.75) is 65.8 Å². The first-order chi connectivity index (χ1) is 11.5. The second-order valence-corrected chi connectivity index (χ2v) is 8.43. The quantitative estimate of drug-likeness (QED) is 0.477. The summed E-state index contributed by atoms with van der Waals surface area (Å²) in [6.07, 6.45) is 4.08. The smallest absolute Gasteiger partial charge is 0.281 e. The van der Waals surface area contributed by atoms with Crippen LogP contribution >= 0.6 is 0 Å². The SMILES string of the molecule is Cc1cc(OCC(F)(F)CC(C)(C)C)c(C)cc1N=CN(C)C1CC1. The van der Waals surface area contributed by atoms with Crippen LogP contribution in [0, 0.1) is 19.3 Å². The van der Waals surface area contributed by atoms with Gasteiger partial charge in [0.25, 0.3) is 5.92 Å². The van der Waals surface area contributed by atoms with Crippen LogP contribution in [0.15, 0.2) is 17.1 Å². The van der Waals surface area contributed by atoms with E-state index in [1.54, 1.807) is 6.07 Å². The van der Waals surface area contributed by atoms with Gasteiger partial charge in [-0.1, -0.05) is 20.8 Å². The lowest BCUT2D eigenvalue weighted by atomic mass is 9.89. The summed E-state index contributed by atoms with van der Waals surface area (Å²) in [5, 5.41) is 0. The predicted molar refractivity (Wildman–Crippen MR) is 99.4 cm³/mol. The van der Waals surface area contributed by atoms with Gasteiger partial charge in [0.2, 0.25) is 0 Å². The number of nitrogens with zero attached hydrogens (tertiary/aromatic N) is 2. The van der Waals surface area contributed by atoms with E-state index in [1.807, 2.05) is 54.1 Å². The van der Waals surface area contributed by atoms with Gasteiger partial charge in [0.1, 0.15) is 5.75 Å². The van der Waals surface area contributed by atoms with Crippen LogP contribution in [0.4, 0.5) is 14.5 Å². The second-order valence-electron chi connectivity index (χ2n) is 8.43. The molecular formula is C20H30F2N2O. The third-order valence-electron chi connectivity index (χ3n) is 4.22. The molecule has 0 amide bonds. The fraction of sp³-hybridized carbons (Fsp3) is 0.650. The maximum absolute atomic E-state index is 14.1. The van der Waals surface area contributed by atoms with Crippen molar-refractivity contribution in [2.75, 3.05) is 13.7 Å². The molecule has 1 aliphatic rings. The van der Waals surface area contributed by atoms with Gasteiger partial charge >= 0.3 is 0 Å². The van der Waals surface area contributed by atoms with Crippen molar-refractivity contribution in [3.05, 3.63) is 23.3 Å². The topological polar surface area (TPSA) is 24.8 Å². The van der Waals surface area contributed by atoms with Crippen molar-refractivity contribution in [3.63, 3.8) is 0 Å². The highest BCUT2D eigenvalue weighted by Crippen LogP contribution is 2.34. The standard InChI is InChI=1S/C20H30F2N2O/c1-14-10-18(25-12-20(21,22)11-19(3,4)5)15(2)9-17(14)23-13-24(6)16-7-8-16/h9-10,13,16H,7-8,11-12H2,1-6H3. The lowest BCUT2D eigenvalue weighted by Gasteiger charge is -2.26. The number of benzene rings is 1. The Kier molecular flexibility index (Phi) is 5.75. The van der Waals surface area contributed by atoms with Gasteiger partial charge < -0.3 is 9.64 Å². The fourth-order valence-corrected chi connectivity index (χ4v) is 2.81. The van der Waals surface area contributed by atoms with Gasteiger partial charge in [-0.05, 0) is 55.4 Å². The zero-order chi connectivity index (χ0) is 18.8. The molecule has 0 N–H and O–H groups in total. The van der Waals surface area contributed by atoms with Gasteiger partial charge in [-0.3, -0.25) is 0 Å². The van der Waals surface area contributed by atoms with E-state index in [4.69, 9.17) is 4.74 Å². The molecule has 0 aromatic heterocycles. The van der Waals surface area contributed by atoms with E-state index in [0.717, 1.165) is 16.8 Å². The average Bonchev–Trinajstić information content (AvgIpc) is 3.28. The van der Waals surface area contributed by atoms with E-state index in [-0.39, 0.29) is 6.42 Å². The summed E-state index contributed by atoms with van der Waals surface area (Å²) in [5.74, 6) is -2.34. The molecule has 1 fully saturated rings. The summed E-state index contributed by atoms with van der Waals surface area (Å²) in [5.41, 5.74) is 2.14. The Morgan fingerprint density at radius 1 is 1.20 bits per heavy atom. The molecule has 2 rings (SSSR count). The molecule has 0 heterocycles. The minimum absolute atomic E-state index is 0.200. The van der Waals surface area contributed by atoms with Crippen LogP contribution < -0.4 is 4.74 Å². The lowest BCUT2D eigenvalue weighted by molar-refractivity contribution is -0.0696. The van der Waals surface area contributed by atoms with E-state index in [2.05, 4.69) is 9.89 Å². The molecule has 0 saturated heterocycles. The average molecular weight is 352 g/mol. The Bertz CT molecular complexity index is 631.